The summed E-state index contributed by atoms with van der Waals surface area (Å²) >= 11 is 3.48. The number of nitrogens with two attached hydrogens (primary N) is 1. The van der Waals surface area contributed by atoms with E-state index in [0.717, 1.165) is 21.6 Å². The van der Waals surface area contributed by atoms with Crippen LogP contribution in [0.5, 0.6) is 5.75 Å². The van der Waals surface area contributed by atoms with Gasteiger partial charge in [-0.25, -0.2) is 0 Å². The van der Waals surface area contributed by atoms with Gasteiger partial charge in [0.25, 0.3) is 0 Å². The molecule has 2 aromatic carbocycles. The second-order valence-corrected chi connectivity index (χ2v) is 4.94. The Morgan fingerprint density at radius 3 is 2.56 bits per heavy atom. The van der Waals surface area contributed by atoms with Crippen LogP contribution in [-0.4, -0.2) is 7.11 Å². The fraction of sp³-hybridized carbons (Fsp3) is 0.143. The van der Waals surface area contributed by atoms with Crippen molar-refractivity contribution in [1.82, 2.24) is 0 Å². The summed E-state index contributed by atoms with van der Waals surface area (Å²) in [5.74, 6) is 0.742. The standard InChI is InChI=1S/C14H15BrN2O/c1-9-5-11(3-4-14(9)15)17-12-6-10(16)7-13(8-12)18-2/h3-8,17H,16H2,1-2H3. The third-order valence-electron chi connectivity index (χ3n) is 2.61. The molecule has 0 saturated heterocycles. The molecule has 0 bridgehead atoms. The molecule has 0 aliphatic rings. The van der Waals surface area contributed by atoms with Gasteiger partial charge < -0.3 is 15.8 Å². The minimum atomic E-state index is 0.672. The van der Waals surface area contributed by atoms with Crippen molar-refractivity contribution in [2.24, 2.45) is 0 Å². The van der Waals surface area contributed by atoms with E-state index in [1.807, 2.05) is 24.3 Å². The second-order valence-electron chi connectivity index (χ2n) is 4.08. The number of rotatable bonds is 3. The quantitative estimate of drug-likeness (QED) is 0.840. The topological polar surface area (TPSA) is 47.3 Å². The third kappa shape index (κ3) is 2.96. The van der Waals surface area contributed by atoms with Crippen molar-refractivity contribution in [2.45, 2.75) is 6.92 Å². The van der Waals surface area contributed by atoms with Gasteiger partial charge >= 0.3 is 0 Å². The Morgan fingerprint density at radius 1 is 1.11 bits per heavy atom. The molecule has 0 radical (unpaired) electrons. The first-order valence-corrected chi connectivity index (χ1v) is 6.35. The summed E-state index contributed by atoms with van der Waals surface area (Å²) in [6.07, 6.45) is 0. The van der Waals surface area contributed by atoms with E-state index in [0.29, 0.717) is 5.69 Å². The van der Waals surface area contributed by atoms with E-state index in [-0.39, 0.29) is 0 Å². The van der Waals surface area contributed by atoms with Crippen LogP contribution in [0, 0.1) is 6.92 Å². The highest BCUT2D eigenvalue weighted by Crippen LogP contribution is 2.27. The predicted octanol–water partition coefficient (Wildman–Crippen LogP) is 4.09. The van der Waals surface area contributed by atoms with Gasteiger partial charge in [0.05, 0.1) is 7.11 Å². The molecule has 0 unspecified atom stereocenters. The fourth-order valence-electron chi connectivity index (χ4n) is 1.70. The van der Waals surface area contributed by atoms with Crippen LogP contribution in [0.1, 0.15) is 5.56 Å². The average Bonchev–Trinajstić information content (AvgIpc) is 2.33. The molecule has 0 fully saturated rings. The number of aryl methyl sites for hydroxylation is 1. The van der Waals surface area contributed by atoms with Crippen LogP contribution in [0.15, 0.2) is 40.9 Å². The molecule has 0 amide bonds. The molecule has 0 aliphatic heterocycles. The van der Waals surface area contributed by atoms with E-state index >= 15 is 0 Å². The lowest BCUT2D eigenvalue weighted by Crippen LogP contribution is -1.95. The molecule has 4 heteroatoms. The van der Waals surface area contributed by atoms with Crippen molar-refractivity contribution in [3.05, 3.63) is 46.4 Å². The number of hydrogen-bond donors (Lipinski definition) is 2. The molecule has 2 rings (SSSR count). The second kappa shape index (κ2) is 5.31. The highest BCUT2D eigenvalue weighted by Gasteiger charge is 2.01. The lowest BCUT2D eigenvalue weighted by molar-refractivity contribution is 0.415. The summed E-state index contributed by atoms with van der Waals surface area (Å²) in [6.45, 7) is 2.05. The van der Waals surface area contributed by atoms with Crippen molar-refractivity contribution in [1.29, 1.82) is 0 Å². The van der Waals surface area contributed by atoms with Crippen molar-refractivity contribution >= 4 is 33.0 Å². The van der Waals surface area contributed by atoms with Gasteiger partial charge in [-0.1, -0.05) is 15.9 Å². The maximum absolute atomic E-state index is 5.82. The number of nitrogens with one attached hydrogen (secondary N) is 1. The third-order valence-corrected chi connectivity index (χ3v) is 3.50. The molecular weight excluding hydrogens is 292 g/mol. The van der Waals surface area contributed by atoms with Crippen molar-refractivity contribution in [3.63, 3.8) is 0 Å². The number of hydrogen-bond acceptors (Lipinski definition) is 3. The summed E-state index contributed by atoms with van der Waals surface area (Å²) in [5.41, 5.74) is 9.59. The van der Waals surface area contributed by atoms with Gasteiger partial charge in [-0.05, 0) is 36.8 Å². The normalized spacial score (nSPS) is 10.2. The number of nitrogen functional groups attached to an aromatic ring is 1. The Kier molecular flexibility index (Phi) is 3.77. The van der Waals surface area contributed by atoms with Crippen LogP contribution < -0.4 is 15.8 Å². The van der Waals surface area contributed by atoms with Gasteiger partial charge in [0.15, 0.2) is 0 Å². The molecule has 2 aromatic rings. The number of methoxy groups -OCH3 is 1. The first-order chi connectivity index (χ1) is 8.58. The summed E-state index contributed by atoms with van der Waals surface area (Å²) in [7, 11) is 1.63. The summed E-state index contributed by atoms with van der Waals surface area (Å²) in [4.78, 5) is 0. The number of halogens is 1. The zero-order chi connectivity index (χ0) is 13.1. The van der Waals surface area contributed by atoms with Gasteiger partial charge in [0.1, 0.15) is 5.75 Å². The van der Waals surface area contributed by atoms with Crippen molar-refractivity contribution < 1.29 is 4.74 Å². The zero-order valence-corrected chi connectivity index (χ0v) is 11.9. The number of anilines is 3. The molecule has 0 heterocycles. The predicted molar refractivity (Wildman–Crippen MR) is 79.6 cm³/mol. The van der Waals surface area contributed by atoms with Crippen molar-refractivity contribution in [3.8, 4) is 5.75 Å². The van der Waals surface area contributed by atoms with Crippen LogP contribution in [0.4, 0.5) is 17.1 Å². The first kappa shape index (κ1) is 12.8. The largest absolute Gasteiger partial charge is 0.497 e. The van der Waals surface area contributed by atoms with E-state index < -0.39 is 0 Å². The smallest absolute Gasteiger partial charge is 0.122 e. The fourth-order valence-corrected chi connectivity index (χ4v) is 1.95. The van der Waals surface area contributed by atoms with Crippen LogP contribution in [0.3, 0.4) is 0 Å². The lowest BCUT2D eigenvalue weighted by atomic mass is 10.2. The minimum Gasteiger partial charge on any atom is -0.497 e. The lowest BCUT2D eigenvalue weighted by Gasteiger charge is -2.10. The number of benzene rings is 2. The van der Waals surface area contributed by atoms with E-state index in [1.54, 1.807) is 13.2 Å². The molecule has 94 valence electrons. The Balaban J connectivity index is 2.27. The van der Waals surface area contributed by atoms with Crippen LogP contribution in [-0.2, 0) is 0 Å². The Labute approximate surface area is 115 Å². The SMILES string of the molecule is COc1cc(N)cc(Nc2ccc(Br)c(C)c2)c1. The van der Waals surface area contributed by atoms with Crippen LogP contribution >= 0.6 is 15.9 Å². The molecule has 0 saturated carbocycles. The molecule has 0 spiro atoms. The zero-order valence-electron chi connectivity index (χ0n) is 10.3. The van der Waals surface area contributed by atoms with Crippen LogP contribution in [0.25, 0.3) is 0 Å². The Morgan fingerprint density at radius 2 is 1.89 bits per heavy atom. The van der Waals surface area contributed by atoms with Gasteiger partial charge in [0, 0.05) is 33.7 Å². The van der Waals surface area contributed by atoms with Gasteiger partial charge in [-0.2, -0.15) is 0 Å². The summed E-state index contributed by atoms with van der Waals surface area (Å²) in [6, 6.07) is 11.7. The molecule has 0 atom stereocenters. The van der Waals surface area contributed by atoms with E-state index in [4.69, 9.17) is 10.5 Å². The minimum absolute atomic E-state index is 0.672. The average molecular weight is 307 g/mol. The number of ether oxygens (including phenoxy) is 1. The van der Waals surface area contributed by atoms with E-state index in [1.165, 1.54) is 5.56 Å². The molecule has 3 N–H and O–H groups in total. The Hall–Kier alpha value is -1.68. The first-order valence-electron chi connectivity index (χ1n) is 5.56. The van der Waals surface area contributed by atoms with E-state index in [2.05, 4.69) is 34.2 Å². The highest BCUT2D eigenvalue weighted by atomic mass is 79.9. The summed E-state index contributed by atoms with van der Waals surface area (Å²) in [5, 5.41) is 3.31. The van der Waals surface area contributed by atoms with Gasteiger partial charge in [0.2, 0.25) is 0 Å². The molecule has 3 nitrogen and oxygen atoms in total. The van der Waals surface area contributed by atoms with Crippen molar-refractivity contribution in [2.75, 3.05) is 18.2 Å². The highest BCUT2D eigenvalue weighted by molar-refractivity contribution is 9.10. The molecular formula is C14H15BrN2O. The monoisotopic (exact) mass is 306 g/mol. The van der Waals surface area contributed by atoms with Gasteiger partial charge in [-0.3, -0.25) is 0 Å². The van der Waals surface area contributed by atoms with Crippen LogP contribution in [0.2, 0.25) is 0 Å². The molecule has 0 aliphatic carbocycles. The maximum Gasteiger partial charge on any atom is 0.122 e. The summed E-state index contributed by atoms with van der Waals surface area (Å²) < 4.78 is 6.28. The Bertz CT molecular complexity index is 570. The maximum atomic E-state index is 5.82. The van der Waals surface area contributed by atoms with Gasteiger partial charge in [-0.15, -0.1) is 0 Å². The van der Waals surface area contributed by atoms with E-state index in [9.17, 15) is 0 Å². The molecule has 0 aromatic heterocycles. The molecule has 18 heavy (non-hydrogen) atoms.